The van der Waals surface area contributed by atoms with Crippen LogP contribution in [0.15, 0.2) is 18.3 Å². The van der Waals surface area contributed by atoms with E-state index in [-0.39, 0.29) is 5.41 Å². The molecule has 1 aromatic rings. The summed E-state index contributed by atoms with van der Waals surface area (Å²) in [5.74, 6) is 2.42. The van der Waals surface area contributed by atoms with E-state index in [0.717, 1.165) is 6.42 Å². The standard InChI is InChI=1S/C18H31NS/c1-7-11-18(5,6)14-20-13-10-16-15(17(2,3)4)9-8-12-19-16/h8-9,12H,7,10-11,13-14H2,1-6H3. The number of hydrogen-bond acceptors (Lipinski definition) is 2. The quantitative estimate of drug-likeness (QED) is 0.617. The van der Waals surface area contributed by atoms with E-state index >= 15 is 0 Å². The highest BCUT2D eigenvalue weighted by Gasteiger charge is 2.19. The average molecular weight is 294 g/mol. The van der Waals surface area contributed by atoms with E-state index in [0.29, 0.717) is 5.41 Å². The predicted molar refractivity (Wildman–Crippen MR) is 92.7 cm³/mol. The normalized spacial score (nSPS) is 12.7. The first kappa shape index (κ1) is 17.6. The molecule has 0 aliphatic heterocycles. The molecule has 0 amide bonds. The molecule has 0 saturated heterocycles. The number of aromatic nitrogens is 1. The number of aryl methyl sites for hydroxylation is 1. The molecule has 0 fully saturated rings. The number of hydrogen-bond donors (Lipinski definition) is 0. The monoisotopic (exact) mass is 293 g/mol. The molecule has 1 rings (SSSR count). The molecule has 1 heterocycles. The van der Waals surface area contributed by atoms with Gasteiger partial charge in [0, 0.05) is 11.9 Å². The summed E-state index contributed by atoms with van der Waals surface area (Å²) in [4.78, 5) is 4.60. The first-order valence-electron chi connectivity index (χ1n) is 7.78. The Morgan fingerprint density at radius 2 is 1.85 bits per heavy atom. The van der Waals surface area contributed by atoms with Crippen LogP contribution >= 0.6 is 11.8 Å². The van der Waals surface area contributed by atoms with E-state index in [9.17, 15) is 0 Å². The van der Waals surface area contributed by atoms with Crippen LogP contribution in [0.25, 0.3) is 0 Å². The van der Waals surface area contributed by atoms with E-state index in [1.165, 1.54) is 35.6 Å². The molecule has 2 heteroatoms. The average Bonchev–Trinajstić information content (AvgIpc) is 2.34. The number of nitrogens with zero attached hydrogens (tertiary/aromatic N) is 1. The van der Waals surface area contributed by atoms with Gasteiger partial charge in [0.15, 0.2) is 0 Å². The fourth-order valence-corrected chi connectivity index (χ4v) is 3.77. The van der Waals surface area contributed by atoms with E-state index in [1.54, 1.807) is 0 Å². The summed E-state index contributed by atoms with van der Waals surface area (Å²) < 4.78 is 0. The van der Waals surface area contributed by atoms with Crippen molar-refractivity contribution in [3.63, 3.8) is 0 Å². The van der Waals surface area contributed by atoms with Crippen molar-refractivity contribution in [3.05, 3.63) is 29.6 Å². The van der Waals surface area contributed by atoms with Crippen molar-refractivity contribution in [1.29, 1.82) is 0 Å². The Kier molecular flexibility index (Phi) is 6.57. The lowest BCUT2D eigenvalue weighted by atomic mass is 9.85. The lowest BCUT2D eigenvalue weighted by Gasteiger charge is -2.24. The Labute approximate surface area is 130 Å². The van der Waals surface area contributed by atoms with E-state index in [4.69, 9.17) is 0 Å². The first-order valence-corrected chi connectivity index (χ1v) is 8.94. The lowest BCUT2D eigenvalue weighted by Crippen LogP contribution is -2.17. The molecule has 0 atom stereocenters. The Balaban J connectivity index is 2.51. The fourth-order valence-electron chi connectivity index (χ4n) is 2.59. The van der Waals surface area contributed by atoms with Gasteiger partial charge in [0.2, 0.25) is 0 Å². The molecular formula is C18H31NS. The van der Waals surface area contributed by atoms with Crippen molar-refractivity contribution < 1.29 is 0 Å². The molecule has 1 aromatic heterocycles. The van der Waals surface area contributed by atoms with Gasteiger partial charge in [-0.2, -0.15) is 11.8 Å². The van der Waals surface area contributed by atoms with Crippen LogP contribution in [0.3, 0.4) is 0 Å². The second kappa shape index (κ2) is 7.49. The summed E-state index contributed by atoms with van der Waals surface area (Å²) >= 11 is 2.07. The predicted octanol–water partition coefficient (Wildman–Crippen LogP) is 5.48. The van der Waals surface area contributed by atoms with Crippen molar-refractivity contribution in [1.82, 2.24) is 4.98 Å². The zero-order valence-corrected chi connectivity index (χ0v) is 14.9. The van der Waals surface area contributed by atoms with Crippen molar-refractivity contribution >= 4 is 11.8 Å². The second-order valence-electron chi connectivity index (χ2n) is 7.46. The maximum absolute atomic E-state index is 4.60. The van der Waals surface area contributed by atoms with Gasteiger partial charge in [-0.25, -0.2) is 0 Å². The summed E-state index contributed by atoms with van der Waals surface area (Å²) in [7, 11) is 0. The first-order chi connectivity index (χ1) is 9.26. The Bertz CT molecular complexity index is 404. The molecule has 0 unspecified atom stereocenters. The van der Waals surface area contributed by atoms with Crippen LogP contribution in [-0.4, -0.2) is 16.5 Å². The Morgan fingerprint density at radius 3 is 2.45 bits per heavy atom. The van der Waals surface area contributed by atoms with Gasteiger partial charge in [-0.15, -0.1) is 0 Å². The van der Waals surface area contributed by atoms with Crippen molar-refractivity contribution in [2.75, 3.05) is 11.5 Å². The van der Waals surface area contributed by atoms with Crippen LogP contribution in [0.2, 0.25) is 0 Å². The zero-order chi connectivity index (χ0) is 15.2. The molecule has 0 spiro atoms. The van der Waals surface area contributed by atoms with Crippen LogP contribution in [0.5, 0.6) is 0 Å². The number of rotatable bonds is 7. The smallest absolute Gasteiger partial charge is 0.0449 e. The molecule has 0 aliphatic rings. The van der Waals surface area contributed by atoms with Crippen LogP contribution in [0, 0.1) is 5.41 Å². The highest BCUT2D eigenvalue weighted by atomic mass is 32.2. The van der Waals surface area contributed by atoms with Gasteiger partial charge in [0.05, 0.1) is 0 Å². The molecular weight excluding hydrogens is 262 g/mol. The molecule has 0 N–H and O–H groups in total. The van der Waals surface area contributed by atoms with Crippen LogP contribution in [0.4, 0.5) is 0 Å². The largest absolute Gasteiger partial charge is 0.261 e. The van der Waals surface area contributed by atoms with Crippen molar-refractivity contribution in [2.45, 2.75) is 66.2 Å². The maximum atomic E-state index is 4.60. The summed E-state index contributed by atoms with van der Waals surface area (Å²) in [5.41, 5.74) is 3.33. The highest BCUT2D eigenvalue weighted by molar-refractivity contribution is 7.99. The van der Waals surface area contributed by atoms with Gasteiger partial charge < -0.3 is 0 Å². The van der Waals surface area contributed by atoms with Gasteiger partial charge in [0.25, 0.3) is 0 Å². The van der Waals surface area contributed by atoms with Gasteiger partial charge in [-0.05, 0) is 46.8 Å². The summed E-state index contributed by atoms with van der Waals surface area (Å²) in [6.07, 6.45) is 5.61. The highest BCUT2D eigenvalue weighted by Crippen LogP contribution is 2.29. The lowest BCUT2D eigenvalue weighted by molar-refractivity contribution is 0.382. The maximum Gasteiger partial charge on any atom is 0.0449 e. The minimum Gasteiger partial charge on any atom is -0.261 e. The van der Waals surface area contributed by atoms with Crippen LogP contribution < -0.4 is 0 Å². The Morgan fingerprint density at radius 1 is 1.15 bits per heavy atom. The van der Waals surface area contributed by atoms with E-state index in [1.807, 2.05) is 6.20 Å². The molecule has 0 aromatic carbocycles. The molecule has 20 heavy (non-hydrogen) atoms. The zero-order valence-electron chi connectivity index (χ0n) is 14.1. The minimum absolute atomic E-state index is 0.190. The fraction of sp³-hybridized carbons (Fsp3) is 0.722. The number of thioether (sulfide) groups is 1. The van der Waals surface area contributed by atoms with Crippen molar-refractivity contribution in [2.24, 2.45) is 5.41 Å². The van der Waals surface area contributed by atoms with E-state index < -0.39 is 0 Å². The summed E-state index contributed by atoms with van der Waals surface area (Å²) in [6.45, 7) is 13.8. The summed E-state index contributed by atoms with van der Waals surface area (Å²) in [6, 6.07) is 4.29. The molecule has 0 saturated carbocycles. The molecule has 1 nitrogen and oxygen atoms in total. The van der Waals surface area contributed by atoms with Crippen LogP contribution in [-0.2, 0) is 11.8 Å². The number of pyridine rings is 1. The molecule has 0 aliphatic carbocycles. The van der Waals surface area contributed by atoms with Gasteiger partial charge in [0.1, 0.15) is 0 Å². The van der Waals surface area contributed by atoms with Crippen LogP contribution in [0.1, 0.15) is 65.6 Å². The van der Waals surface area contributed by atoms with E-state index in [2.05, 4.69) is 70.4 Å². The molecule has 0 bridgehead atoms. The molecule has 114 valence electrons. The minimum atomic E-state index is 0.190. The van der Waals surface area contributed by atoms with Crippen molar-refractivity contribution in [3.8, 4) is 0 Å². The SMILES string of the molecule is CCCC(C)(C)CSCCc1ncccc1C(C)(C)C. The van der Waals surface area contributed by atoms with Gasteiger partial charge in [-0.1, -0.05) is 54.0 Å². The third-order valence-corrected chi connectivity index (χ3v) is 5.08. The summed E-state index contributed by atoms with van der Waals surface area (Å²) in [5, 5.41) is 0. The molecule has 0 radical (unpaired) electrons. The van der Waals surface area contributed by atoms with Gasteiger partial charge >= 0.3 is 0 Å². The third-order valence-electron chi connectivity index (χ3n) is 3.60. The van der Waals surface area contributed by atoms with Gasteiger partial charge in [-0.3, -0.25) is 4.98 Å². The Hall–Kier alpha value is -0.500. The second-order valence-corrected chi connectivity index (χ2v) is 8.57. The topological polar surface area (TPSA) is 12.9 Å². The third kappa shape index (κ3) is 5.87.